The minimum atomic E-state index is -0.116. The topological polar surface area (TPSA) is 65.9 Å². The van der Waals surface area contributed by atoms with Crippen LogP contribution in [0.15, 0.2) is 48.5 Å². The summed E-state index contributed by atoms with van der Waals surface area (Å²) in [5.41, 5.74) is 3.67. The maximum atomic E-state index is 12.7. The van der Waals surface area contributed by atoms with Crippen LogP contribution in [0.1, 0.15) is 48.0 Å². The fraction of sp³-hybridized carbons (Fsp3) is 0.440. The Labute approximate surface area is 184 Å². The quantitative estimate of drug-likeness (QED) is 0.612. The number of nitrogens with zero attached hydrogens (tertiary/aromatic N) is 1. The third kappa shape index (κ3) is 5.85. The monoisotopic (exact) mass is 421 g/mol. The number of carbonyl (C=O) groups excluding carboxylic acids is 2. The van der Waals surface area contributed by atoms with Crippen molar-refractivity contribution < 1.29 is 14.5 Å². The van der Waals surface area contributed by atoms with E-state index < -0.39 is 0 Å². The predicted molar refractivity (Wildman–Crippen MR) is 124 cm³/mol. The highest BCUT2D eigenvalue weighted by molar-refractivity contribution is 6.04. The van der Waals surface area contributed by atoms with Crippen LogP contribution in [-0.4, -0.2) is 44.5 Å². The highest BCUT2D eigenvalue weighted by Gasteiger charge is 2.25. The Hall–Kier alpha value is -2.86. The lowest BCUT2D eigenvalue weighted by Crippen LogP contribution is -3.08. The number of hydrogen-bond donors (Lipinski definition) is 3. The highest BCUT2D eigenvalue weighted by Crippen LogP contribution is 2.24. The molecule has 2 aromatic rings. The number of piperidine rings is 1. The smallest absolute Gasteiger partial charge is 0.279 e. The van der Waals surface area contributed by atoms with Gasteiger partial charge in [0.05, 0.1) is 18.3 Å². The molecule has 4 rings (SSSR count). The summed E-state index contributed by atoms with van der Waals surface area (Å²) in [6, 6.07) is 16.0. The molecule has 2 aromatic carbocycles. The van der Waals surface area contributed by atoms with E-state index in [1.807, 2.05) is 19.2 Å². The van der Waals surface area contributed by atoms with Gasteiger partial charge in [0, 0.05) is 30.4 Å². The summed E-state index contributed by atoms with van der Waals surface area (Å²) in [5.74, 6) is -0.200. The van der Waals surface area contributed by atoms with Gasteiger partial charge in [-0.05, 0) is 50.3 Å². The minimum Gasteiger partial charge on any atom is -0.371 e. The molecule has 1 aliphatic heterocycles. The van der Waals surface area contributed by atoms with E-state index in [-0.39, 0.29) is 17.9 Å². The van der Waals surface area contributed by atoms with E-state index in [1.54, 1.807) is 12.1 Å². The third-order valence-corrected chi connectivity index (χ3v) is 6.00. The van der Waals surface area contributed by atoms with Crippen molar-refractivity contribution in [3.8, 4) is 0 Å². The number of quaternary nitrogens is 1. The van der Waals surface area contributed by atoms with Crippen LogP contribution < -0.4 is 20.4 Å². The molecule has 0 radical (unpaired) electrons. The number of likely N-dealkylation sites (N-methyl/N-ethyl adjacent to an activating group) is 1. The van der Waals surface area contributed by atoms with Gasteiger partial charge in [-0.1, -0.05) is 30.3 Å². The van der Waals surface area contributed by atoms with Gasteiger partial charge in [-0.3, -0.25) is 9.59 Å². The molecule has 2 aliphatic rings. The first-order valence-corrected chi connectivity index (χ1v) is 11.4. The molecule has 1 saturated heterocycles. The van der Waals surface area contributed by atoms with Crippen LogP contribution in [0.4, 0.5) is 11.4 Å². The van der Waals surface area contributed by atoms with Crippen molar-refractivity contribution in [2.45, 2.75) is 44.7 Å². The summed E-state index contributed by atoms with van der Waals surface area (Å²) in [6.45, 7) is 3.34. The Morgan fingerprint density at radius 1 is 1.00 bits per heavy atom. The molecule has 3 N–H and O–H groups in total. The number of amides is 2. The van der Waals surface area contributed by atoms with E-state index in [9.17, 15) is 9.59 Å². The first-order chi connectivity index (χ1) is 15.1. The molecule has 2 amide bonds. The number of benzene rings is 2. The minimum absolute atomic E-state index is 0.0837. The largest absolute Gasteiger partial charge is 0.371 e. The maximum Gasteiger partial charge on any atom is 0.279 e. The SMILES string of the molecule is C[NH+](CC(=O)Nc1ccccc1C(=O)NC1CC1)Cc1ccccc1N1CCCCC1. The van der Waals surface area contributed by atoms with Crippen molar-refractivity contribution in [3.63, 3.8) is 0 Å². The number of rotatable bonds is 8. The van der Waals surface area contributed by atoms with Crippen molar-refractivity contribution in [1.29, 1.82) is 0 Å². The second-order valence-electron chi connectivity index (χ2n) is 8.83. The second-order valence-corrected chi connectivity index (χ2v) is 8.83. The van der Waals surface area contributed by atoms with Crippen LogP contribution >= 0.6 is 0 Å². The Kier molecular flexibility index (Phi) is 6.87. The van der Waals surface area contributed by atoms with Crippen molar-refractivity contribution >= 4 is 23.2 Å². The Morgan fingerprint density at radius 2 is 1.71 bits per heavy atom. The predicted octanol–water partition coefficient (Wildman–Crippen LogP) is 2.22. The van der Waals surface area contributed by atoms with Crippen molar-refractivity contribution in [2.75, 3.05) is 36.9 Å². The van der Waals surface area contributed by atoms with Gasteiger partial charge in [0.25, 0.3) is 11.8 Å². The molecule has 6 nitrogen and oxygen atoms in total. The lowest BCUT2D eigenvalue weighted by atomic mass is 10.1. The number of para-hydroxylation sites is 2. The number of hydrogen-bond acceptors (Lipinski definition) is 3. The van der Waals surface area contributed by atoms with E-state index in [4.69, 9.17) is 0 Å². The van der Waals surface area contributed by atoms with Crippen LogP contribution in [0.3, 0.4) is 0 Å². The highest BCUT2D eigenvalue weighted by atomic mass is 16.2. The zero-order valence-corrected chi connectivity index (χ0v) is 18.3. The van der Waals surface area contributed by atoms with Gasteiger partial charge in [-0.15, -0.1) is 0 Å². The fourth-order valence-electron chi connectivity index (χ4n) is 4.24. The van der Waals surface area contributed by atoms with E-state index >= 15 is 0 Å². The summed E-state index contributed by atoms with van der Waals surface area (Å²) >= 11 is 0. The van der Waals surface area contributed by atoms with Gasteiger partial charge in [0.1, 0.15) is 6.54 Å². The first-order valence-electron chi connectivity index (χ1n) is 11.4. The van der Waals surface area contributed by atoms with Crippen LogP contribution in [-0.2, 0) is 11.3 Å². The molecule has 1 unspecified atom stereocenters. The first kappa shape index (κ1) is 21.4. The van der Waals surface area contributed by atoms with Crippen LogP contribution in [0.5, 0.6) is 0 Å². The molecule has 164 valence electrons. The molecule has 2 fully saturated rings. The number of carbonyl (C=O) groups is 2. The summed E-state index contributed by atoms with van der Waals surface area (Å²) in [7, 11) is 2.04. The van der Waals surface area contributed by atoms with Crippen molar-refractivity contribution in [3.05, 3.63) is 59.7 Å². The molecule has 6 heteroatoms. The lowest BCUT2D eigenvalue weighted by Gasteiger charge is -2.31. The molecular formula is C25H33N4O2+. The molecule has 0 spiro atoms. The lowest BCUT2D eigenvalue weighted by molar-refractivity contribution is -0.885. The van der Waals surface area contributed by atoms with E-state index in [1.165, 1.54) is 30.5 Å². The molecule has 1 heterocycles. The van der Waals surface area contributed by atoms with E-state index in [2.05, 4.69) is 39.8 Å². The molecule has 0 aromatic heterocycles. The molecule has 1 aliphatic carbocycles. The van der Waals surface area contributed by atoms with Gasteiger partial charge < -0.3 is 20.4 Å². The third-order valence-electron chi connectivity index (χ3n) is 6.00. The summed E-state index contributed by atoms with van der Waals surface area (Å²) in [4.78, 5) is 28.8. The summed E-state index contributed by atoms with van der Waals surface area (Å²) < 4.78 is 0. The van der Waals surface area contributed by atoms with E-state index in [0.717, 1.165) is 37.4 Å². The zero-order valence-electron chi connectivity index (χ0n) is 18.3. The fourth-order valence-corrected chi connectivity index (χ4v) is 4.24. The number of nitrogens with one attached hydrogen (secondary N) is 3. The maximum absolute atomic E-state index is 12.7. The Balaban J connectivity index is 1.36. The summed E-state index contributed by atoms with van der Waals surface area (Å²) in [5, 5.41) is 5.94. The number of anilines is 2. The van der Waals surface area contributed by atoms with Gasteiger partial charge in [-0.25, -0.2) is 0 Å². The van der Waals surface area contributed by atoms with E-state index in [0.29, 0.717) is 17.8 Å². The molecular weight excluding hydrogens is 388 g/mol. The zero-order chi connectivity index (χ0) is 21.6. The Morgan fingerprint density at radius 3 is 2.48 bits per heavy atom. The van der Waals surface area contributed by atoms with Crippen molar-refractivity contribution in [1.82, 2.24) is 5.32 Å². The standard InChI is InChI=1S/C25H32N4O2/c1-28(17-19-9-3-6-12-23(19)29-15-7-2-8-16-29)18-24(30)27-22-11-5-4-10-21(22)25(31)26-20-13-14-20/h3-6,9-12,20H,2,7-8,13-18H2,1H3,(H,26,31)(H,27,30)/p+1. The van der Waals surface area contributed by atoms with Crippen molar-refractivity contribution in [2.24, 2.45) is 0 Å². The average Bonchev–Trinajstić information content (AvgIpc) is 3.59. The van der Waals surface area contributed by atoms with Crippen LogP contribution in [0.2, 0.25) is 0 Å². The normalized spacial score (nSPS) is 17.1. The van der Waals surface area contributed by atoms with Crippen LogP contribution in [0, 0.1) is 0 Å². The van der Waals surface area contributed by atoms with Gasteiger partial charge in [-0.2, -0.15) is 0 Å². The average molecular weight is 422 g/mol. The molecule has 1 atom stereocenters. The summed E-state index contributed by atoms with van der Waals surface area (Å²) in [6.07, 6.45) is 5.87. The van der Waals surface area contributed by atoms with Crippen LogP contribution in [0.25, 0.3) is 0 Å². The second kappa shape index (κ2) is 9.96. The molecule has 1 saturated carbocycles. The molecule has 0 bridgehead atoms. The van der Waals surface area contributed by atoms with Gasteiger partial charge in [0.2, 0.25) is 0 Å². The Bertz CT molecular complexity index is 919. The molecule has 31 heavy (non-hydrogen) atoms. The van der Waals surface area contributed by atoms with Gasteiger partial charge >= 0.3 is 0 Å². The van der Waals surface area contributed by atoms with Gasteiger partial charge in [0.15, 0.2) is 6.54 Å².